The van der Waals surface area contributed by atoms with E-state index in [0.29, 0.717) is 5.75 Å². The van der Waals surface area contributed by atoms with E-state index < -0.39 is 6.16 Å². The van der Waals surface area contributed by atoms with Crippen molar-refractivity contribution in [3.8, 4) is 5.75 Å². The molecular weight excluding hydrogens is 241 g/mol. The lowest BCUT2D eigenvalue weighted by atomic mass is 10.3. The van der Waals surface area contributed by atoms with Gasteiger partial charge in [-0.1, -0.05) is 0 Å². The molecule has 0 aliphatic heterocycles. The lowest BCUT2D eigenvalue weighted by Crippen LogP contribution is -2.08. The van der Waals surface area contributed by atoms with Crippen molar-refractivity contribution in [1.82, 2.24) is 0 Å². The van der Waals surface area contributed by atoms with Gasteiger partial charge >= 0.3 is 6.16 Å². The van der Waals surface area contributed by atoms with Gasteiger partial charge in [0.15, 0.2) is 0 Å². The predicted molar refractivity (Wildman–Crippen MR) is 63.9 cm³/mol. The molecule has 0 aromatic heterocycles. The van der Waals surface area contributed by atoms with Crippen LogP contribution in [-0.4, -0.2) is 25.4 Å². The lowest BCUT2D eigenvalue weighted by molar-refractivity contribution is 0.144. The second-order valence-corrected chi connectivity index (χ2v) is 2.76. The SMILES string of the molecule is CN(C)c1ccc(OC(=O)O)cc1.Cl.Cl. The number of anilines is 1. The lowest BCUT2D eigenvalue weighted by Gasteiger charge is -2.11. The van der Waals surface area contributed by atoms with E-state index >= 15 is 0 Å². The van der Waals surface area contributed by atoms with Gasteiger partial charge in [-0.2, -0.15) is 0 Å². The van der Waals surface area contributed by atoms with Crippen LogP contribution in [0.15, 0.2) is 24.3 Å². The largest absolute Gasteiger partial charge is 0.511 e. The highest BCUT2D eigenvalue weighted by atomic mass is 35.5. The molecule has 0 spiro atoms. The number of ether oxygens (including phenoxy) is 1. The first kappa shape index (κ1) is 16.3. The summed E-state index contributed by atoms with van der Waals surface area (Å²) in [6, 6.07) is 6.81. The number of carboxylic acid groups (broad SMARTS) is 1. The van der Waals surface area contributed by atoms with Crippen molar-refractivity contribution < 1.29 is 14.6 Å². The average molecular weight is 254 g/mol. The van der Waals surface area contributed by atoms with Crippen LogP contribution in [0.1, 0.15) is 0 Å². The van der Waals surface area contributed by atoms with Crippen LogP contribution in [0.5, 0.6) is 5.75 Å². The molecule has 0 saturated carbocycles. The summed E-state index contributed by atoms with van der Waals surface area (Å²) in [5, 5.41) is 8.31. The fourth-order valence-electron chi connectivity index (χ4n) is 0.913. The molecule has 0 saturated heterocycles. The van der Waals surface area contributed by atoms with Gasteiger partial charge in [0, 0.05) is 19.8 Å². The highest BCUT2D eigenvalue weighted by Gasteiger charge is 2.00. The van der Waals surface area contributed by atoms with Crippen LogP contribution in [0.3, 0.4) is 0 Å². The number of nitrogens with zero attached hydrogens (tertiary/aromatic N) is 1. The number of carbonyl (C=O) groups is 1. The summed E-state index contributed by atoms with van der Waals surface area (Å²) in [6.45, 7) is 0. The Morgan fingerprint density at radius 3 is 2.00 bits per heavy atom. The maximum absolute atomic E-state index is 10.2. The Kier molecular flexibility index (Phi) is 7.83. The summed E-state index contributed by atoms with van der Waals surface area (Å²) < 4.78 is 4.45. The third-order valence-corrected chi connectivity index (χ3v) is 1.56. The van der Waals surface area contributed by atoms with Crippen LogP contribution < -0.4 is 9.64 Å². The number of rotatable bonds is 2. The van der Waals surface area contributed by atoms with Crippen molar-refractivity contribution in [2.24, 2.45) is 0 Å². The third-order valence-electron chi connectivity index (χ3n) is 1.56. The quantitative estimate of drug-likeness (QED) is 0.651. The van der Waals surface area contributed by atoms with Crippen molar-refractivity contribution in [3.05, 3.63) is 24.3 Å². The summed E-state index contributed by atoms with van der Waals surface area (Å²) in [7, 11) is 3.82. The second kappa shape index (κ2) is 7.20. The topological polar surface area (TPSA) is 49.8 Å². The van der Waals surface area contributed by atoms with Crippen LogP contribution >= 0.6 is 24.8 Å². The Morgan fingerprint density at radius 1 is 1.20 bits per heavy atom. The number of hydrogen-bond donors (Lipinski definition) is 1. The van der Waals surface area contributed by atoms with Gasteiger partial charge in [0.05, 0.1) is 0 Å². The van der Waals surface area contributed by atoms with Crippen molar-refractivity contribution in [1.29, 1.82) is 0 Å². The molecule has 0 aliphatic carbocycles. The Hall–Kier alpha value is -1.13. The molecule has 1 aromatic rings. The van der Waals surface area contributed by atoms with Crippen LogP contribution in [0.25, 0.3) is 0 Å². The van der Waals surface area contributed by atoms with Crippen LogP contribution in [0.2, 0.25) is 0 Å². The summed E-state index contributed by atoms with van der Waals surface area (Å²) in [5.74, 6) is 0.332. The van der Waals surface area contributed by atoms with E-state index in [-0.39, 0.29) is 24.8 Å². The molecule has 0 radical (unpaired) electrons. The first-order chi connectivity index (χ1) is 6.09. The number of hydrogen-bond acceptors (Lipinski definition) is 3. The molecule has 0 bridgehead atoms. The highest BCUT2D eigenvalue weighted by Crippen LogP contribution is 2.17. The molecule has 4 nitrogen and oxygen atoms in total. The molecule has 6 heteroatoms. The Balaban J connectivity index is 0. The van der Waals surface area contributed by atoms with Crippen molar-refractivity contribution in [2.45, 2.75) is 0 Å². The molecule has 0 unspecified atom stereocenters. The molecule has 1 rings (SSSR count). The van der Waals surface area contributed by atoms with Crippen LogP contribution in [0.4, 0.5) is 10.5 Å². The zero-order chi connectivity index (χ0) is 9.84. The zero-order valence-electron chi connectivity index (χ0n) is 8.34. The van der Waals surface area contributed by atoms with E-state index in [9.17, 15) is 4.79 Å². The van der Waals surface area contributed by atoms with Gasteiger partial charge in [0.2, 0.25) is 0 Å². The second-order valence-electron chi connectivity index (χ2n) is 2.76. The first-order valence-electron chi connectivity index (χ1n) is 3.78. The van der Waals surface area contributed by atoms with Gasteiger partial charge in [-0.25, -0.2) is 4.79 Å². The minimum absolute atomic E-state index is 0. The Morgan fingerprint density at radius 2 is 1.67 bits per heavy atom. The number of benzene rings is 1. The van der Waals surface area contributed by atoms with Gasteiger partial charge in [-0.05, 0) is 24.3 Å². The van der Waals surface area contributed by atoms with Crippen LogP contribution in [-0.2, 0) is 0 Å². The molecular formula is C9H13Cl2NO3. The van der Waals surface area contributed by atoms with Crippen molar-refractivity contribution in [3.63, 3.8) is 0 Å². The van der Waals surface area contributed by atoms with E-state index in [4.69, 9.17) is 5.11 Å². The van der Waals surface area contributed by atoms with Gasteiger partial charge in [0.25, 0.3) is 0 Å². The van der Waals surface area contributed by atoms with Gasteiger partial charge in [0.1, 0.15) is 5.75 Å². The maximum atomic E-state index is 10.2. The van der Waals surface area contributed by atoms with Gasteiger partial charge in [-0.3, -0.25) is 0 Å². The molecule has 0 fully saturated rings. The summed E-state index contributed by atoms with van der Waals surface area (Å²) in [6.07, 6.45) is -1.29. The summed E-state index contributed by atoms with van der Waals surface area (Å²) in [4.78, 5) is 12.1. The molecule has 86 valence electrons. The van der Waals surface area contributed by atoms with Gasteiger partial charge in [-0.15, -0.1) is 24.8 Å². The fourth-order valence-corrected chi connectivity index (χ4v) is 0.913. The standard InChI is InChI=1S/C9H11NO3.2ClH/c1-10(2)7-3-5-8(6-4-7)13-9(11)12;;/h3-6H,1-2H3,(H,11,12);2*1H. The minimum atomic E-state index is -1.29. The van der Waals surface area contributed by atoms with Crippen LogP contribution in [0, 0.1) is 0 Å². The molecule has 1 aromatic carbocycles. The van der Waals surface area contributed by atoms with Gasteiger partial charge < -0.3 is 14.7 Å². The molecule has 0 amide bonds. The van der Waals surface area contributed by atoms with E-state index in [1.807, 2.05) is 19.0 Å². The average Bonchev–Trinajstić information content (AvgIpc) is 2.04. The number of halogens is 2. The Labute approximate surface area is 101 Å². The monoisotopic (exact) mass is 253 g/mol. The van der Waals surface area contributed by atoms with E-state index in [2.05, 4.69) is 4.74 Å². The maximum Gasteiger partial charge on any atom is 0.511 e. The molecule has 1 N–H and O–H groups in total. The summed E-state index contributed by atoms with van der Waals surface area (Å²) in [5.41, 5.74) is 0.998. The molecule has 0 aliphatic rings. The van der Waals surface area contributed by atoms with Crippen molar-refractivity contribution >= 4 is 36.7 Å². The minimum Gasteiger partial charge on any atom is -0.449 e. The van der Waals surface area contributed by atoms with E-state index in [1.165, 1.54) is 0 Å². The molecule has 0 atom stereocenters. The smallest absolute Gasteiger partial charge is 0.449 e. The summed E-state index contributed by atoms with van der Waals surface area (Å²) >= 11 is 0. The fraction of sp³-hybridized carbons (Fsp3) is 0.222. The molecule has 0 heterocycles. The Bertz CT molecular complexity index is 301. The normalized spacial score (nSPS) is 8.13. The predicted octanol–water partition coefficient (Wildman–Crippen LogP) is 2.65. The van der Waals surface area contributed by atoms with Crippen molar-refractivity contribution in [2.75, 3.05) is 19.0 Å². The third kappa shape index (κ3) is 5.34. The van der Waals surface area contributed by atoms with E-state index in [1.54, 1.807) is 24.3 Å². The zero-order valence-corrected chi connectivity index (χ0v) is 9.97. The first-order valence-corrected chi connectivity index (χ1v) is 3.78. The van der Waals surface area contributed by atoms with E-state index in [0.717, 1.165) is 5.69 Å². The molecule has 15 heavy (non-hydrogen) atoms. The highest BCUT2D eigenvalue weighted by molar-refractivity contribution is 5.85.